The Bertz CT molecular complexity index is 487. The largest absolute Gasteiger partial charge is 0.498 e. The Morgan fingerprint density at radius 1 is 0.727 bits per heavy atom. The number of rotatable bonds is 26. The van der Waals surface area contributed by atoms with Crippen LogP contribution in [0.1, 0.15) is 116 Å². The maximum atomic E-state index is 11.7. The molecule has 0 aliphatic heterocycles. The minimum absolute atomic E-state index is 0.127. The van der Waals surface area contributed by atoms with E-state index in [0.29, 0.717) is 19.6 Å². The number of unbranched alkanes of at least 4 members (excludes halogenated alkanes) is 14. The van der Waals surface area contributed by atoms with E-state index in [1.807, 2.05) is 19.0 Å². The summed E-state index contributed by atoms with van der Waals surface area (Å²) in [5, 5.41) is 0. The van der Waals surface area contributed by atoms with Gasteiger partial charge in [-0.05, 0) is 20.5 Å². The molecule has 0 radical (unpaired) electrons. The molecule has 33 heavy (non-hydrogen) atoms. The predicted octanol–water partition coefficient (Wildman–Crippen LogP) is 7.86. The topological polar surface area (TPSA) is 68.2 Å². The number of ether oxygens (including phenoxy) is 1. The first-order valence-corrected chi connectivity index (χ1v) is 14.9. The molecule has 0 aliphatic carbocycles. The SMILES string of the molecule is C=C(CCCCCCCCCCCCCCCCC)OCCCOP(=O)(O)OCCN(C)C. The molecule has 0 saturated carbocycles. The molecule has 0 aromatic carbocycles. The van der Waals surface area contributed by atoms with Gasteiger partial charge >= 0.3 is 7.82 Å². The van der Waals surface area contributed by atoms with Gasteiger partial charge in [-0.25, -0.2) is 4.57 Å². The second-order valence-corrected chi connectivity index (χ2v) is 10.8. The summed E-state index contributed by atoms with van der Waals surface area (Å²) in [5.74, 6) is 0.791. The molecule has 0 rings (SSSR count). The Balaban J connectivity index is 3.34. The van der Waals surface area contributed by atoms with E-state index in [-0.39, 0.29) is 13.2 Å². The van der Waals surface area contributed by atoms with Crippen LogP contribution in [0.15, 0.2) is 12.3 Å². The van der Waals surface area contributed by atoms with Gasteiger partial charge in [0.25, 0.3) is 0 Å². The van der Waals surface area contributed by atoms with E-state index >= 15 is 0 Å². The van der Waals surface area contributed by atoms with Gasteiger partial charge in [-0.3, -0.25) is 9.05 Å². The van der Waals surface area contributed by atoms with Crippen LogP contribution in [-0.2, 0) is 18.3 Å². The van der Waals surface area contributed by atoms with Crippen molar-refractivity contribution in [2.24, 2.45) is 0 Å². The molecule has 7 heteroatoms. The third-order valence-electron chi connectivity index (χ3n) is 5.70. The maximum Gasteiger partial charge on any atom is 0.472 e. The molecule has 6 nitrogen and oxygen atoms in total. The highest BCUT2D eigenvalue weighted by Crippen LogP contribution is 2.42. The molecular formula is C26H54NO5P. The lowest BCUT2D eigenvalue weighted by molar-refractivity contribution is 0.124. The average Bonchev–Trinajstić information content (AvgIpc) is 2.75. The third kappa shape index (κ3) is 26.1. The van der Waals surface area contributed by atoms with Crippen molar-refractivity contribution in [1.82, 2.24) is 4.90 Å². The first-order valence-electron chi connectivity index (χ1n) is 13.4. The van der Waals surface area contributed by atoms with Crippen LogP contribution in [-0.4, -0.2) is 50.3 Å². The van der Waals surface area contributed by atoms with Gasteiger partial charge in [0, 0.05) is 19.4 Å². The second kappa shape index (κ2) is 23.4. The van der Waals surface area contributed by atoms with Gasteiger partial charge in [-0.2, -0.15) is 0 Å². The summed E-state index contributed by atoms with van der Waals surface area (Å²) in [6, 6.07) is 0. The van der Waals surface area contributed by atoms with E-state index in [4.69, 9.17) is 13.8 Å². The fourth-order valence-electron chi connectivity index (χ4n) is 3.60. The van der Waals surface area contributed by atoms with Crippen LogP contribution in [0.4, 0.5) is 0 Å². The smallest absolute Gasteiger partial charge is 0.472 e. The van der Waals surface area contributed by atoms with E-state index in [1.54, 1.807) is 0 Å². The van der Waals surface area contributed by atoms with Crippen LogP contribution in [0.2, 0.25) is 0 Å². The molecule has 0 spiro atoms. The quantitative estimate of drug-likeness (QED) is 0.0754. The van der Waals surface area contributed by atoms with Gasteiger partial charge < -0.3 is 14.5 Å². The Hall–Kier alpha value is -0.390. The molecule has 0 heterocycles. The monoisotopic (exact) mass is 491 g/mol. The molecule has 0 aromatic heterocycles. The molecule has 1 unspecified atom stereocenters. The predicted molar refractivity (Wildman–Crippen MR) is 140 cm³/mol. The molecule has 0 aliphatic rings. The van der Waals surface area contributed by atoms with E-state index in [0.717, 1.165) is 18.6 Å². The first kappa shape index (κ1) is 32.6. The molecule has 0 amide bonds. The number of allylic oxidation sites excluding steroid dienone is 1. The summed E-state index contributed by atoms with van der Waals surface area (Å²) in [6.07, 6.45) is 21.8. The fourth-order valence-corrected chi connectivity index (χ4v) is 4.34. The summed E-state index contributed by atoms with van der Waals surface area (Å²) in [4.78, 5) is 11.4. The van der Waals surface area contributed by atoms with Crippen LogP contribution in [0, 0.1) is 0 Å². The van der Waals surface area contributed by atoms with Crippen molar-refractivity contribution in [3.63, 3.8) is 0 Å². The molecule has 1 N–H and O–H groups in total. The Kier molecular flexibility index (Phi) is 23.1. The highest BCUT2D eigenvalue weighted by molar-refractivity contribution is 7.47. The maximum absolute atomic E-state index is 11.7. The molecular weight excluding hydrogens is 437 g/mol. The van der Waals surface area contributed by atoms with Gasteiger partial charge in [-0.1, -0.05) is 103 Å². The Labute approximate surface area is 205 Å². The van der Waals surface area contributed by atoms with Crippen LogP contribution in [0.25, 0.3) is 0 Å². The highest BCUT2D eigenvalue weighted by atomic mass is 31.2. The van der Waals surface area contributed by atoms with E-state index in [1.165, 1.54) is 89.9 Å². The van der Waals surface area contributed by atoms with Crippen molar-refractivity contribution in [3.8, 4) is 0 Å². The van der Waals surface area contributed by atoms with Crippen LogP contribution < -0.4 is 0 Å². The summed E-state index contributed by atoms with van der Waals surface area (Å²) >= 11 is 0. The van der Waals surface area contributed by atoms with E-state index in [9.17, 15) is 9.46 Å². The molecule has 198 valence electrons. The summed E-state index contributed by atoms with van der Waals surface area (Å²) in [5.41, 5.74) is 0. The van der Waals surface area contributed by atoms with Crippen molar-refractivity contribution < 1.29 is 23.2 Å². The molecule has 0 aromatic rings. The summed E-state index contributed by atoms with van der Waals surface area (Å²) < 4.78 is 27.1. The molecule has 0 saturated heterocycles. The second-order valence-electron chi connectivity index (χ2n) is 9.38. The van der Waals surface area contributed by atoms with Gasteiger partial charge in [0.2, 0.25) is 0 Å². The van der Waals surface area contributed by atoms with Gasteiger partial charge in [0.1, 0.15) is 0 Å². The standard InChI is InChI=1S/C26H54NO5P/c1-5-6-7-8-9-10-11-12-13-14-15-16-17-18-19-21-26(2)30-23-20-24-31-33(28,29)32-25-22-27(3)4/h2,5-25H2,1,3-4H3,(H,28,29). The normalized spacial score (nSPS) is 13.4. The van der Waals surface area contributed by atoms with Gasteiger partial charge in [0.05, 0.1) is 25.6 Å². The van der Waals surface area contributed by atoms with E-state index < -0.39 is 7.82 Å². The Morgan fingerprint density at radius 2 is 1.18 bits per heavy atom. The lowest BCUT2D eigenvalue weighted by Crippen LogP contribution is -2.17. The zero-order valence-corrected chi connectivity index (χ0v) is 22.9. The number of hydrogen-bond donors (Lipinski definition) is 1. The number of hydrogen-bond acceptors (Lipinski definition) is 5. The zero-order chi connectivity index (χ0) is 24.6. The minimum Gasteiger partial charge on any atom is -0.498 e. The molecule has 0 fully saturated rings. The van der Waals surface area contributed by atoms with Crippen molar-refractivity contribution in [2.45, 2.75) is 116 Å². The van der Waals surface area contributed by atoms with Gasteiger partial charge in [-0.15, -0.1) is 0 Å². The summed E-state index contributed by atoms with van der Waals surface area (Å²) in [7, 11) is -0.221. The fraction of sp³-hybridized carbons (Fsp3) is 0.923. The minimum atomic E-state index is -3.96. The van der Waals surface area contributed by atoms with Crippen LogP contribution >= 0.6 is 7.82 Å². The van der Waals surface area contributed by atoms with Crippen molar-refractivity contribution in [3.05, 3.63) is 12.3 Å². The van der Waals surface area contributed by atoms with Crippen LogP contribution in [0.5, 0.6) is 0 Å². The number of phosphoric ester groups is 1. The van der Waals surface area contributed by atoms with Crippen molar-refractivity contribution >= 4 is 7.82 Å². The third-order valence-corrected chi connectivity index (χ3v) is 6.72. The lowest BCUT2D eigenvalue weighted by atomic mass is 10.0. The van der Waals surface area contributed by atoms with Crippen molar-refractivity contribution in [2.75, 3.05) is 40.5 Å². The zero-order valence-electron chi connectivity index (χ0n) is 22.0. The number of likely N-dealkylation sites (N-methyl/N-ethyl adjacent to an activating group) is 1. The molecule has 1 atom stereocenters. The number of nitrogens with zero attached hydrogens (tertiary/aromatic N) is 1. The van der Waals surface area contributed by atoms with Crippen LogP contribution in [0.3, 0.4) is 0 Å². The average molecular weight is 492 g/mol. The van der Waals surface area contributed by atoms with Crippen molar-refractivity contribution in [1.29, 1.82) is 0 Å². The Morgan fingerprint density at radius 3 is 1.67 bits per heavy atom. The lowest BCUT2D eigenvalue weighted by Gasteiger charge is -2.14. The summed E-state index contributed by atoms with van der Waals surface area (Å²) in [6.45, 7) is 7.53. The molecule has 0 bridgehead atoms. The number of phosphoric acid groups is 1. The van der Waals surface area contributed by atoms with Gasteiger partial charge in [0.15, 0.2) is 0 Å². The first-order chi connectivity index (χ1) is 15.9. The highest BCUT2D eigenvalue weighted by Gasteiger charge is 2.20. The van der Waals surface area contributed by atoms with E-state index in [2.05, 4.69) is 13.5 Å².